The summed E-state index contributed by atoms with van der Waals surface area (Å²) in [6, 6.07) is 22.0. The fraction of sp³-hybridized carbons (Fsp3) is 0.276. The predicted octanol–water partition coefficient (Wildman–Crippen LogP) is 6.82. The zero-order valence-corrected chi connectivity index (χ0v) is 21.6. The summed E-state index contributed by atoms with van der Waals surface area (Å²) in [5.41, 5.74) is 4.82. The highest BCUT2D eigenvalue weighted by atomic mass is 32.2. The highest BCUT2D eigenvalue weighted by Gasteiger charge is 2.19. The topological polar surface area (TPSA) is 68.5 Å². The third-order valence-corrected chi connectivity index (χ3v) is 6.69. The van der Waals surface area contributed by atoms with Crippen molar-refractivity contribution in [2.75, 3.05) is 12.8 Å². The Kier molecular flexibility index (Phi) is 9.16. The summed E-state index contributed by atoms with van der Waals surface area (Å²) in [6.07, 6.45) is 10.7. The number of ether oxygens (including phenoxy) is 1. The number of thioether (sulfide) groups is 1. The van der Waals surface area contributed by atoms with Crippen molar-refractivity contribution >= 4 is 35.7 Å². The van der Waals surface area contributed by atoms with E-state index in [-0.39, 0.29) is 12.5 Å². The van der Waals surface area contributed by atoms with Gasteiger partial charge < -0.3 is 10.1 Å². The number of aromatic nitrogens is 3. The Balaban J connectivity index is 1.53. The van der Waals surface area contributed by atoms with Crippen molar-refractivity contribution in [3.05, 3.63) is 95.3 Å². The molecule has 1 amide bonds. The molecule has 0 aliphatic carbocycles. The van der Waals surface area contributed by atoms with Gasteiger partial charge in [-0.1, -0.05) is 86.5 Å². The second-order valence-corrected chi connectivity index (χ2v) is 9.41. The third-order valence-electron chi connectivity index (χ3n) is 5.98. The van der Waals surface area contributed by atoms with Crippen molar-refractivity contribution in [2.24, 2.45) is 0 Å². The van der Waals surface area contributed by atoms with Crippen LogP contribution in [0.3, 0.4) is 0 Å². The SMILES string of the molecule is CCCCC(CNC(=O)OCc1ccccc1)c1cc(SC)n2ncc(/C=C/c3ccccc3)c2n1. The van der Waals surface area contributed by atoms with E-state index < -0.39 is 6.09 Å². The molecule has 2 aromatic heterocycles. The molecule has 2 aromatic carbocycles. The zero-order chi connectivity index (χ0) is 25.2. The molecule has 0 fully saturated rings. The van der Waals surface area contributed by atoms with Crippen LogP contribution in [0.1, 0.15) is 54.5 Å². The van der Waals surface area contributed by atoms with E-state index >= 15 is 0 Å². The van der Waals surface area contributed by atoms with Crippen LogP contribution in [0.15, 0.2) is 78.0 Å². The Bertz CT molecular complexity index is 1290. The lowest BCUT2D eigenvalue weighted by Crippen LogP contribution is -2.29. The van der Waals surface area contributed by atoms with Crippen LogP contribution in [0.5, 0.6) is 0 Å². The lowest BCUT2D eigenvalue weighted by Gasteiger charge is -2.18. The summed E-state index contributed by atoms with van der Waals surface area (Å²) in [6.45, 7) is 2.89. The number of nitrogens with zero attached hydrogens (tertiary/aromatic N) is 3. The fourth-order valence-electron chi connectivity index (χ4n) is 3.98. The van der Waals surface area contributed by atoms with Gasteiger partial charge in [0.2, 0.25) is 0 Å². The van der Waals surface area contributed by atoms with Gasteiger partial charge in [-0.2, -0.15) is 5.10 Å². The standard InChI is InChI=1S/C29H32N4O2S/c1-3-4-15-24(19-30-29(34)35-21-23-13-9-6-10-14-23)26-18-27(36-2)33-28(32-26)25(20-31-33)17-16-22-11-7-5-8-12-22/h5-14,16-18,20,24H,3-4,15,19,21H2,1-2H3,(H,30,34)/b17-16+. The minimum absolute atomic E-state index is 0.0750. The number of alkyl carbamates (subject to hydrolysis) is 1. The number of amides is 1. The molecule has 0 aliphatic heterocycles. The minimum atomic E-state index is -0.414. The first kappa shape index (κ1) is 25.5. The Morgan fingerprint density at radius 3 is 2.58 bits per heavy atom. The number of fused-ring (bicyclic) bond motifs is 1. The summed E-state index contributed by atoms with van der Waals surface area (Å²) in [7, 11) is 0. The van der Waals surface area contributed by atoms with Gasteiger partial charge in [-0.05, 0) is 35.9 Å². The molecule has 0 saturated carbocycles. The van der Waals surface area contributed by atoms with Crippen molar-refractivity contribution in [2.45, 2.75) is 43.7 Å². The molecule has 1 N–H and O–H groups in total. The van der Waals surface area contributed by atoms with Gasteiger partial charge in [-0.3, -0.25) is 0 Å². The largest absolute Gasteiger partial charge is 0.445 e. The first-order valence-electron chi connectivity index (χ1n) is 12.3. The van der Waals surface area contributed by atoms with Gasteiger partial charge in [-0.25, -0.2) is 14.3 Å². The van der Waals surface area contributed by atoms with E-state index in [0.29, 0.717) is 6.54 Å². The first-order valence-corrected chi connectivity index (χ1v) is 13.5. The average molecular weight is 501 g/mol. The molecule has 2 heterocycles. The lowest BCUT2D eigenvalue weighted by molar-refractivity contribution is 0.139. The van der Waals surface area contributed by atoms with E-state index in [1.165, 1.54) is 0 Å². The summed E-state index contributed by atoms with van der Waals surface area (Å²) in [5.74, 6) is 0.0750. The van der Waals surface area contributed by atoms with Crippen LogP contribution in [0.25, 0.3) is 17.8 Å². The van der Waals surface area contributed by atoms with E-state index in [1.807, 2.05) is 65.5 Å². The first-order chi connectivity index (χ1) is 17.7. The van der Waals surface area contributed by atoms with Crippen molar-refractivity contribution in [3.63, 3.8) is 0 Å². The van der Waals surface area contributed by atoms with Crippen LogP contribution >= 0.6 is 11.8 Å². The number of carbonyl (C=O) groups excluding carboxylic acids is 1. The molecule has 7 heteroatoms. The van der Waals surface area contributed by atoms with Gasteiger partial charge in [0, 0.05) is 18.0 Å². The predicted molar refractivity (Wildman–Crippen MR) is 147 cm³/mol. The summed E-state index contributed by atoms with van der Waals surface area (Å²) in [4.78, 5) is 17.4. The Morgan fingerprint density at radius 2 is 1.86 bits per heavy atom. The van der Waals surface area contributed by atoms with E-state index in [4.69, 9.17) is 9.72 Å². The van der Waals surface area contributed by atoms with Crippen LogP contribution < -0.4 is 5.32 Å². The molecule has 1 atom stereocenters. The molecule has 6 nitrogen and oxygen atoms in total. The van der Waals surface area contributed by atoms with Crippen molar-refractivity contribution in [1.82, 2.24) is 19.9 Å². The minimum Gasteiger partial charge on any atom is -0.445 e. The number of benzene rings is 2. The van der Waals surface area contributed by atoms with E-state index in [9.17, 15) is 4.79 Å². The van der Waals surface area contributed by atoms with Gasteiger partial charge in [0.25, 0.3) is 0 Å². The summed E-state index contributed by atoms with van der Waals surface area (Å²) in [5, 5.41) is 8.56. The third kappa shape index (κ3) is 6.76. The van der Waals surface area contributed by atoms with Crippen LogP contribution in [-0.2, 0) is 11.3 Å². The molecule has 1 unspecified atom stereocenters. The van der Waals surface area contributed by atoms with Crippen molar-refractivity contribution in [1.29, 1.82) is 0 Å². The van der Waals surface area contributed by atoms with Gasteiger partial charge in [0.05, 0.1) is 11.9 Å². The Labute approximate surface area is 216 Å². The molecule has 0 spiro atoms. The zero-order valence-electron chi connectivity index (χ0n) is 20.8. The monoisotopic (exact) mass is 500 g/mol. The Morgan fingerprint density at radius 1 is 1.11 bits per heavy atom. The number of hydrogen-bond acceptors (Lipinski definition) is 5. The van der Waals surface area contributed by atoms with Gasteiger partial charge in [0.15, 0.2) is 5.65 Å². The molecule has 0 bridgehead atoms. The molecule has 0 saturated heterocycles. The van der Waals surface area contributed by atoms with Crippen LogP contribution in [0, 0.1) is 0 Å². The van der Waals surface area contributed by atoms with Crippen LogP contribution in [-0.4, -0.2) is 33.5 Å². The summed E-state index contributed by atoms with van der Waals surface area (Å²) >= 11 is 1.64. The molecule has 0 aliphatic rings. The lowest BCUT2D eigenvalue weighted by atomic mass is 9.98. The second kappa shape index (κ2) is 12.9. The van der Waals surface area contributed by atoms with E-state index in [1.54, 1.807) is 11.8 Å². The smallest absolute Gasteiger partial charge is 0.407 e. The fourth-order valence-corrected chi connectivity index (χ4v) is 4.52. The second-order valence-electron chi connectivity index (χ2n) is 8.58. The normalized spacial score (nSPS) is 12.2. The quantitative estimate of drug-likeness (QED) is 0.181. The van der Waals surface area contributed by atoms with Crippen molar-refractivity contribution in [3.8, 4) is 0 Å². The number of hydrogen-bond donors (Lipinski definition) is 1. The number of carbonyl (C=O) groups is 1. The molecule has 186 valence electrons. The molecule has 4 aromatic rings. The van der Waals surface area contributed by atoms with Gasteiger partial charge in [0.1, 0.15) is 11.6 Å². The number of rotatable bonds is 11. The molecule has 0 radical (unpaired) electrons. The van der Waals surface area contributed by atoms with E-state index in [2.05, 4.69) is 47.7 Å². The van der Waals surface area contributed by atoms with Gasteiger partial charge >= 0.3 is 6.09 Å². The maximum Gasteiger partial charge on any atom is 0.407 e. The number of nitrogens with one attached hydrogen (secondary N) is 1. The van der Waals surface area contributed by atoms with Gasteiger partial charge in [-0.15, -0.1) is 11.8 Å². The van der Waals surface area contributed by atoms with E-state index in [0.717, 1.165) is 52.3 Å². The molecule has 4 rings (SSSR count). The van der Waals surface area contributed by atoms with Crippen LogP contribution in [0.2, 0.25) is 0 Å². The maximum atomic E-state index is 12.4. The maximum absolute atomic E-state index is 12.4. The summed E-state index contributed by atoms with van der Waals surface area (Å²) < 4.78 is 7.30. The Hall–Kier alpha value is -3.58. The average Bonchev–Trinajstić information content (AvgIpc) is 3.34. The molecule has 36 heavy (non-hydrogen) atoms. The highest BCUT2D eigenvalue weighted by Crippen LogP contribution is 2.27. The van der Waals surface area contributed by atoms with Crippen LogP contribution in [0.4, 0.5) is 4.79 Å². The molecular formula is C29H32N4O2S. The number of unbranched alkanes of at least 4 members (excludes halogenated alkanes) is 1. The highest BCUT2D eigenvalue weighted by molar-refractivity contribution is 7.98. The van der Waals surface area contributed by atoms with Crippen molar-refractivity contribution < 1.29 is 9.53 Å². The molecular weight excluding hydrogens is 468 g/mol.